The molecule has 1 aliphatic heterocycles. The first-order valence-electron chi connectivity index (χ1n) is 6.35. The topological polar surface area (TPSA) is 49.5 Å². The van der Waals surface area contributed by atoms with Crippen LogP contribution < -0.4 is 5.73 Å². The lowest BCUT2D eigenvalue weighted by Crippen LogP contribution is -2.44. The zero-order valence-corrected chi connectivity index (χ0v) is 11.2. The third-order valence-electron chi connectivity index (χ3n) is 3.68. The summed E-state index contributed by atoms with van der Waals surface area (Å²) in [6.07, 6.45) is 2.17. The number of aliphatic hydroxyl groups excluding tert-OH is 1. The fourth-order valence-electron chi connectivity index (χ4n) is 2.70. The van der Waals surface area contributed by atoms with Crippen molar-refractivity contribution in [3.63, 3.8) is 0 Å². The highest BCUT2D eigenvalue weighted by atomic mass is 32.1. The number of aliphatic hydroxyl groups is 1. The highest BCUT2D eigenvalue weighted by molar-refractivity contribution is 7.07. The van der Waals surface area contributed by atoms with Gasteiger partial charge in [-0.05, 0) is 61.2 Å². The fraction of sp³-hybridized carbons (Fsp3) is 0.692. The molecule has 0 spiro atoms. The summed E-state index contributed by atoms with van der Waals surface area (Å²) in [6.45, 7) is 4.51. The van der Waals surface area contributed by atoms with Crippen LogP contribution >= 0.6 is 11.3 Å². The number of rotatable bonds is 4. The van der Waals surface area contributed by atoms with Gasteiger partial charge in [-0.1, -0.05) is 0 Å². The van der Waals surface area contributed by atoms with Crippen LogP contribution in [0.5, 0.6) is 0 Å². The highest BCUT2D eigenvalue weighted by Crippen LogP contribution is 2.29. The van der Waals surface area contributed by atoms with Gasteiger partial charge >= 0.3 is 0 Å². The van der Waals surface area contributed by atoms with E-state index < -0.39 is 0 Å². The molecule has 2 unspecified atom stereocenters. The van der Waals surface area contributed by atoms with Crippen molar-refractivity contribution in [1.82, 2.24) is 4.90 Å². The first-order chi connectivity index (χ1) is 8.22. The number of hydrogen-bond acceptors (Lipinski definition) is 4. The van der Waals surface area contributed by atoms with Crippen LogP contribution in [0.4, 0.5) is 0 Å². The Balaban J connectivity index is 2.03. The Bertz CT molecular complexity index is 318. The molecule has 3 nitrogen and oxygen atoms in total. The summed E-state index contributed by atoms with van der Waals surface area (Å²) < 4.78 is 0. The summed E-state index contributed by atoms with van der Waals surface area (Å²) in [5, 5.41) is 13.5. The van der Waals surface area contributed by atoms with Gasteiger partial charge in [0.15, 0.2) is 0 Å². The first-order valence-corrected chi connectivity index (χ1v) is 7.29. The number of hydrogen-bond donors (Lipinski definition) is 2. The molecule has 1 saturated heterocycles. The van der Waals surface area contributed by atoms with Crippen LogP contribution in [-0.2, 0) is 0 Å². The van der Waals surface area contributed by atoms with E-state index in [9.17, 15) is 0 Å². The van der Waals surface area contributed by atoms with Crippen molar-refractivity contribution in [3.05, 3.63) is 22.4 Å². The molecule has 0 saturated carbocycles. The largest absolute Gasteiger partial charge is 0.396 e. The molecule has 1 aromatic heterocycles. The van der Waals surface area contributed by atoms with Crippen LogP contribution in [0.15, 0.2) is 16.8 Å². The maximum absolute atomic E-state index is 9.17. The third kappa shape index (κ3) is 3.07. The van der Waals surface area contributed by atoms with Crippen LogP contribution in [0.25, 0.3) is 0 Å². The lowest BCUT2D eigenvalue weighted by molar-refractivity contribution is 0.0917. The third-order valence-corrected chi connectivity index (χ3v) is 4.38. The molecule has 0 aliphatic carbocycles. The number of nitrogens with two attached hydrogens (primary N) is 1. The molecule has 1 aliphatic rings. The molecular weight excluding hydrogens is 232 g/mol. The second kappa shape index (κ2) is 5.96. The van der Waals surface area contributed by atoms with Gasteiger partial charge < -0.3 is 10.8 Å². The van der Waals surface area contributed by atoms with E-state index >= 15 is 0 Å². The van der Waals surface area contributed by atoms with Gasteiger partial charge in [-0.25, -0.2) is 0 Å². The van der Waals surface area contributed by atoms with Gasteiger partial charge in [-0.2, -0.15) is 11.3 Å². The van der Waals surface area contributed by atoms with Crippen LogP contribution in [0.3, 0.4) is 0 Å². The molecule has 17 heavy (non-hydrogen) atoms. The second-order valence-electron chi connectivity index (χ2n) is 5.02. The highest BCUT2D eigenvalue weighted by Gasteiger charge is 2.28. The standard InChI is InChI=1S/C13H22N2OS/c1-10(14)13(12-4-7-17-9-12)15-5-2-11(8-16)3-6-15/h4,7,9-11,13,16H,2-3,5-6,8,14H2,1H3. The monoisotopic (exact) mass is 254 g/mol. The normalized spacial score (nSPS) is 22.5. The zero-order chi connectivity index (χ0) is 12.3. The Labute approximate surface area is 107 Å². The minimum absolute atomic E-state index is 0.148. The quantitative estimate of drug-likeness (QED) is 0.862. The predicted octanol–water partition coefficient (Wildman–Crippen LogP) is 1.84. The summed E-state index contributed by atoms with van der Waals surface area (Å²) in [6, 6.07) is 2.66. The van der Waals surface area contributed by atoms with Crippen molar-refractivity contribution in [2.45, 2.75) is 31.8 Å². The van der Waals surface area contributed by atoms with Gasteiger partial charge in [0, 0.05) is 12.6 Å². The molecule has 0 bridgehead atoms. The van der Waals surface area contributed by atoms with Gasteiger partial charge in [0.1, 0.15) is 0 Å². The van der Waals surface area contributed by atoms with Crippen LogP contribution in [-0.4, -0.2) is 35.7 Å². The van der Waals surface area contributed by atoms with E-state index in [0.29, 0.717) is 18.6 Å². The Hall–Kier alpha value is -0.420. The van der Waals surface area contributed by atoms with Gasteiger partial charge in [-0.3, -0.25) is 4.90 Å². The molecule has 1 aromatic rings. The van der Waals surface area contributed by atoms with E-state index in [-0.39, 0.29) is 6.04 Å². The Morgan fingerprint density at radius 2 is 2.24 bits per heavy atom. The minimum Gasteiger partial charge on any atom is -0.396 e. The van der Waals surface area contributed by atoms with Crippen LogP contribution in [0, 0.1) is 5.92 Å². The molecule has 0 amide bonds. The maximum Gasteiger partial charge on any atom is 0.0504 e. The van der Waals surface area contributed by atoms with Gasteiger partial charge in [0.05, 0.1) is 6.04 Å². The zero-order valence-electron chi connectivity index (χ0n) is 10.4. The number of nitrogens with zero attached hydrogens (tertiary/aromatic N) is 1. The summed E-state index contributed by atoms with van der Waals surface area (Å²) in [4.78, 5) is 2.47. The van der Waals surface area contributed by atoms with Crippen LogP contribution in [0.2, 0.25) is 0 Å². The van der Waals surface area contributed by atoms with Crippen molar-refractivity contribution in [1.29, 1.82) is 0 Å². The van der Waals surface area contributed by atoms with Crippen molar-refractivity contribution < 1.29 is 5.11 Å². The summed E-state index contributed by atoms with van der Waals surface area (Å²) in [5.74, 6) is 0.488. The first kappa shape index (κ1) is 13.0. The Kier molecular flexibility index (Phi) is 4.56. The molecule has 3 N–H and O–H groups in total. The Morgan fingerprint density at radius 3 is 2.71 bits per heavy atom. The van der Waals surface area contributed by atoms with E-state index in [4.69, 9.17) is 10.8 Å². The minimum atomic E-state index is 0.148. The summed E-state index contributed by atoms with van der Waals surface area (Å²) >= 11 is 1.73. The SMILES string of the molecule is CC(N)C(c1ccsc1)N1CCC(CO)CC1. The lowest BCUT2D eigenvalue weighted by atomic mass is 9.93. The van der Waals surface area contributed by atoms with Crippen molar-refractivity contribution in [3.8, 4) is 0 Å². The fourth-order valence-corrected chi connectivity index (χ4v) is 3.39. The van der Waals surface area contributed by atoms with E-state index in [1.54, 1.807) is 11.3 Å². The molecule has 0 aromatic carbocycles. The molecule has 2 atom stereocenters. The van der Waals surface area contributed by atoms with Crippen molar-refractivity contribution in [2.75, 3.05) is 19.7 Å². The number of thiophene rings is 1. The van der Waals surface area contributed by atoms with Crippen LogP contribution in [0.1, 0.15) is 31.4 Å². The van der Waals surface area contributed by atoms with E-state index in [2.05, 4.69) is 28.7 Å². The van der Waals surface area contributed by atoms with Gasteiger partial charge in [0.25, 0.3) is 0 Å². The molecule has 2 rings (SSSR count). The second-order valence-corrected chi connectivity index (χ2v) is 5.80. The van der Waals surface area contributed by atoms with Crippen molar-refractivity contribution in [2.24, 2.45) is 11.7 Å². The molecule has 4 heteroatoms. The number of likely N-dealkylation sites (tertiary alicyclic amines) is 1. The lowest BCUT2D eigenvalue weighted by Gasteiger charge is -2.38. The van der Waals surface area contributed by atoms with E-state index in [1.807, 2.05) is 0 Å². The summed E-state index contributed by atoms with van der Waals surface area (Å²) in [5.41, 5.74) is 7.48. The van der Waals surface area contributed by atoms with E-state index in [0.717, 1.165) is 25.9 Å². The molecule has 0 radical (unpaired) electrons. The van der Waals surface area contributed by atoms with Crippen molar-refractivity contribution >= 4 is 11.3 Å². The van der Waals surface area contributed by atoms with Gasteiger partial charge in [-0.15, -0.1) is 0 Å². The molecule has 2 heterocycles. The molecular formula is C13H22N2OS. The Morgan fingerprint density at radius 1 is 1.53 bits per heavy atom. The smallest absolute Gasteiger partial charge is 0.0504 e. The van der Waals surface area contributed by atoms with Gasteiger partial charge in [0.2, 0.25) is 0 Å². The molecule has 96 valence electrons. The predicted molar refractivity (Wildman–Crippen MR) is 72.1 cm³/mol. The number of piperidine rings is 1. The average Bonchev–Trinajstić information content (AvgIpc) is 2.83. The average molecular weight is 254 g/mol. The van der Waals surface area contributed by atoms with E-state index in [1.165, 1.54) is 5.56 Å². The summed E-state index contributed by atoms with van der Waals surface area (Å²) in [7, 11) is 0. The molecule has 1 fully saturated rings. The maximum atomic E-state index is 9.17.